The van der Waals surface area contributed by atoms with Crippen LogP contribution in [0.25, 0.3) is 21.8 Å². The van der Waals surface area contributed by atoms with Crippen molar-refractivity contribution in [2.45, 2.75) is 6.42 Å². The number of alkyl halides is 1. The third-order valence-corrected chi connectivity index (χ3v) is 3.90. The zero-order valence-electron chi connectivity index (χ0n) is 11.6. The first-order chi connectivity index (χ1) is 10.4. The van der Waals surface area contributed by atoms with E-state index < -0.39 is 0 Å². The smallest absolute Gasteiger partial charge is 0.0456 e. The first-order valence-corrected chi connectivity index (χ1v) is 8.14. The molecule has 4 rings (SSSR count). The Hall–Kier alpha value is -2.00. The molecule has 2 N–H and O–H groups in total. The number of hydrogen-bond donors (Lipinski definition) is 2. The zero-order valence-corrected chi connectivity index (χ0v) is 13.2. The van der Waals surface area contributed by atoms with E-state index in [4.69, 9.17) is 0 Å². The number of H-pyrrole nitrogens is 2. The van der Waals surface area contributed by atoms with Gasteiger partial charge in [0.25, 0.3) is 0 Å². The monoisotopic (exact) mass is 340 g/mol. The van der Waals surface area contributed by atoms with Gasteiger partial charge in [0.05, 0.1) is 0 Å². The van der Waals surface area contributed by atoms with Gasteiger partial charge in [-0.15, -0.1) is 0 Å². The molecular weight excluding hydrogens is 324 g/mol. The van der Waals surface area contributed by atoms with Gasteiger partial charge < -0.3 is 9.97 Å². The molecule has 0 aliphatic rings. The third kappa shape index (κ3) is 3.19. The molecule has 0 fully saturated rings. The van der Waals surface area contributed by atoms with Crippen LogP contribution in [0.5, 0.6) is 0 Å². The molecule has 2 nitrogen and oxygen atoms in total. The van der Waals surface area contributed by atoms with Crippen LogP contribution in [0.1, 0.15) is 5.56 Å². The van der Waals surface area contributed by atoms with Crippen LogP contribution < -0.4 is 0 Å². The Kier molecular flexibility index (Phi) is 4.41. The topological polar surface area (TPSA) is 31.6 Å². The molecule has 0 saturated carbocycles. The van der Waals surface area contributed by atoms with E-state index in [0.717, 1.165) is 11.8 Å². The largest absolute Gasteiger partial charge is 0.361 e. The minimum Gasteiger partial charge on any atom is -0.361 e. The van der Waals surface area contributed by atoms with Crippen molar-refractivity contribution in [1.29, 1.82) is 0 Å². The lowest BCUT2D eigenvalue weighted by Gasteiger charge is -1.93. The standard InChI is InChI=1S/C10H10BrN.C8H7N/c11-6-5-8-7-12-10-4-2-1-3-9(8)10;1-2-4-8-7(3-1)5-6-9-8/h1-4,7,12H,5-6H2;1-6,9H. The van der Waals surface area contributed by atoms with Crippen LogP contribution in [-0.4, -0.2) is 15.3 Å². The first-order valence-electron chi connectivity index (χ1n) is 7.01. The number of aromatic amines is 2. The summed E-state index contributed by atoms with van der Waals surface area (Å²) in [4.78, 5) is 6.37. The van der Waals surface area contributed by atoms with Crippen molar-refractivity contribution < 1.29 is 0 Å². The molecule has 2 aromatic carbocycles. The van der Waals surface area contributed by atoms with Crippen molar-refractivity contribution in [1.82, 2.24) is 9.97 Å². The SMILES string of the molecule is BrCCc1c[nH]c2ccccc12.c1ccc2[nH]ccc2c1. The summed E-state index contributed by atoms with van der Waals surface area (Å²) in [6.45, 7) is 0. The van der Waals surface area contributed by atoms with Gasteiger partial charge in [0.2, 0.25) is 0 Å². The number of aryl methyl sites for hydroxylation is 1. The number of hydrogen-bond acceptors (Lipinski definition) is 0. The fourth-order valence-corrected chi connectivity index (χ4v) is 2.86. The van der Waals surface area contributed by atoms with Gasteiger partial charge in [0, 0.05) is 34.1 Å². The van der Waals surface area contributed by atoms with Crippen LogP contribution in [0.2, 0.25) is 0 Å². The number of fused-ring (bicyclic) bond motifs is 2. The summed E-state index contributed by atoms with van der Waals surface area (Å²) < 4.78 is 0. The maximum Gasteiger partial charge on any atom is 0.0456 e. The lowest BCUT2D eigenvalue weighted by Crippen LogP contribution is -1.81. The lowest BCUT2D eigenvalue weighted by atomic mass is 10.1. The van der Waals surface area contributed by atoms with E-state index in [0.29, 0.717) is 0 Å². The van der Waals surface area contributed by atoms with Gasteiger partial charge in [-0.2, -0.15) is 0 Å². The van der Waals surface area contributed by atoms with Gasteiger partial charge in [-0.05, 0) is 35.6 Å². The normalized spacial score (nSPS) is 10.5. The number of halogens is 1. The zero-order chi connectivity index (χ0) is 14.5. The highest BCUT2D eigenvalue weighted by molar-refractivity contribution is 9.09. The summed E-state index contributed by atoms with van der Waals surface area (Å²) in [6.07, 6.45) is 5.13. The van der Waals surface area contributed by atoms with Crippen molar-refractivity contribution in [3.63, 3.8) is 0 Å². The molecule has 0 bridgehead atoms. The fraction of sp³-hybridized carbons (Fsp3) is 0.111. The van der Waals surface area contributed by atoms with Gasteiger partial charge in [-0.25, -0.2) is 0 Å². The summed E-state index contributed by atoms with van der Waals surface area (Å²) in [7, 11) is 0. The van der Waals surface area contributed by atoms with E-state index in [2.05, 4.69) is 74.6 Å². The Morgan fingerprint density at radius 3 is 2.38 bits per heavy atom. The summed E-state index contributed by atoms with van der Waals surface area (Å²) in [6, 6.07) is 18.7. The maximum atomic E-state index is 3.44. The molecule has 0 saturated heterocycles. The quantitative estimate of drug-likeness (QED) is 0.465. The highest BCUT2D eigenvalue weighted by Crippen LogP contribution is 2.18. The molecule has 106 valence electrons. The number of nitrogens with one attached hydrogen (secondary N) is 2. The second kappa shape index (κ2) is 6.64. The van der Waals surface area contributed by atoms with Gasteiger partial charge in [0.1, 0.15) is 0 Å². The van der Waals surface area contributed by atoms with E-state index in [1.807, 2.05) is 18.3 Å². The molecule has 21 heavy (non-hydrogen) atoms. The highest BCUT2D eigenvalue weighted by Gasteiger charge is 2.00. The second-order valence-electron chi connectivity index (χ2n) is 4.86. The summed E-state index contributed by atoms with van der Waals surface area (Å²) in [5.41, 5.74) is 3.83. The molecule has 0 amide bonds. The summed E-state index contributed by atoms with van der Waals surface area (Å²) in [5, 5.41) is 3.64. The van der Waals surface area contributed by atoms with Crippen LogP contribution in [0.4, 0.5) is 0 Å². The molecule has 0 radical (unpaired) electrons. The fourth-order valence-electron chi connectivity index (χ4n) is 2.44. The van der Waals surface area contributed by atoms with Crippen molar-refractivity contribution in [3.8, 4) is 0 Å². The predicted molar refractivity (Wildman–Crippen MR) is 94.1 cm³/mol. The van der Waals surface area contributed by atoms with Crippen LogP contribution in [0.15, 0.2) is 67.0 Å². The summed E-state index contributed by atoms with van der Waals surface area (Å²) in [5.74, 6) is 0. The van der Waals surface area contributed by atoms with E-state index in [-0.39, 0.29) is 0 Å². The van der Waals surface area contributed by atoms with Crippen LogP contribution in [-0.2, 0) is 6.42 Å². The average molecular weight is 341 g/mol. The average Bonchev–Trinajstić information content (AvgIpc) is 3.15. The van der Waals surface area contributed by atoms with Crippen LogP contribution in [0, 0.1) is 0 Å². The minimum atomic E-state index is 1.02. The Labute approximate surface area is 132 Å². The maximum absolute atomic E-state index is 3.44. The minimum absolute atomic E-state index is 1.02. The predicted octanol–water partition coefficient (Wildman–Crippen LogP) is 5.27. The molecule has 0 atom stereocenters. The molecular formula is C18H17BrN2. The second-order valence-corrected chi connectivity index (χ2v) is 5.66. The Balaban J connectivity index is 0.000000131. The van der Waals surface area contributed by atoms with Crippen molar-refractivity contribution in [2.24, 2.45) is 0 Å². The van der Waals surface area contributed by atoms with Gasteiger partial charge in [0.15, 0.2) is 0 Å². The van der Waals surface area contributed by atoms with Crippen molar-refractivity contribution >= 4 is 37.7 Å². The van der Waals surface area contributed by atoms with E-state index in [1.165, 1.54) is 27.4 Å². The number of para-hydroxylation sites is 2. The third-order valence-electron chi connectivity index (χ3n) is 3.50. The van der Waals surface area contributed by atoms with Gasteiger partial charge >= 0.3 is 0 Å². The van der Waals surface area contributed by atoms with E-state index in [1.54, 1.807) is 0 Å². The summed E-state index contributed by atoms with van der Waals surface area (Å²) >= 11 is 3.44. The molecule has 0 spiro atoms. The Morgan fingerprint density at radius 1 is 0.810 bits per heavy atom. The Bertz CT molecular complexity index is 799. The Morgan fingerprint density at radius 2 is 1.57 bits per heavy atom. The van der Waals surface area contributed by atoms with Gasteiger partial charge in [-0.3, -0.25) is 0 Å². The number of rotatable bonds is 2. The van der Waals surface area contributed by atoms with E-state index >= 15 is 0 Å². The number of aromatic nitrogens is 2. The lowest BCUT2D eigenvalue weighted by molar-refractivity contribution is 1.18. The molecule has 4 aromatic rings. The van der Waals surface area contributed by atoms with E-state index in [9.17, 15) is 0 Å². The van der Waals surface area contributed by atoms with Crippen LogP contribution >= 0.6 is 15.9 Å². The molecule has 3 heteroatoms. The van der Waals surface area contributed by atoms with Crippen molar-refractivity contribution in [3.05, 3.63) is 72.6 Å². The molecule has 2 heterocycles. The van der Waals surface area contributed by atoms with Crippen molar-refractivity contribution in [2.75, 3.05) is 5.33 Å². The van der Waals surface area contributed by atoms with Gasteiger partial charge in [-0.1, -0.05) is 52.3 Å². The first kappa shape index (κ1) is 14.0. The molecule has 0 unspecified atom stereocenters. The molecule has 0 aliphatic carbocycles. The molecule has 0 aliphatic heterocycles. The number of benzene rings is 2. The van der Waals surface area contributed by atoms with Crippen LogP contribution in [0.3, 0.4) is 0 Å². The molecule has 2 aromatic heterocycles. The highest BCUT2D eigenvalue weighted by atomic mass is 79.9.